The first-order valence-electron chi connectivity index (χ1n) is 15.8. The number of nitrogens with zero attached hydrogens (tertiary/aromatic N) is 4. The van der Waals surface area contributed by atoms with E-state index in [-0.39, 0.29) is 11.3 Å². The van der Waals surface area contributed by atoms with E-state index in [1.54, 1.807) is 0 Å². The third kappa shape index (κ3) is 8.31. The summed E-state index contributed by atoms with van der Waals surface area (Å²) in [6.07, 6.45) is 12.4. The summed E-state index contributed by atoms with van der Waals surface area (Å²) in [7, 11) is 0. The fraction of sp³-hybridized carbons (Fsp3) is 0.556. The highest BCUT2D eigenvalue weighted by Gasteiger charge is 2.20. The van der Waals surface area contributed by atoms with Crippen molar-refractivity contribution in [3.05, 3.63) is 65.4 Å². The summed E-state index contributed by atoms with van der Waals surface area (Å²) in [4.78, 5) is 18.4. The summed E-state index contributed by atoms with van der Waals surface area (Å²) in [6.45, 7) is 20.5. The normalized spacial score (nSPS) is 15.0. The number of aromatic nitrogens is 2. The predicted molar refractivity (Wildman–Crippen MR) is 173 cm³/mol. The summed E-state index contributed by atoms with van der Waals surface area (Å²) in [6, 6.07) is 12.8. The average molecular weight is 557 g/mol. The van der Waals surface area contributed by atoms with Crippen LogP contribution in [0.2, 0.25) is 0 Å². The second kappa shape index (κ2) is 13.8. The van der Waals surface area contributed by atoms with Crippen molar-refractivity contribution in [3.63, 3.8) is 0 Å². The Balaban J connectivity index is 1.71. The van der Waals surface area contributed by atoms with Gasteiger partial charge in [-0.05, 0) is 73.7 Å². The summed E-state index contributed by atoms with van der Waals surface area (Å²) >= 11 is 0. The van der Waals surface area contributed by atoms with Gasteiger partial charge in [0.2, 0.25) is 0 Å². The van der Waals surface area contributed by atoms with Crippen molar-refractivity contribution in [1.29, 1.82) is 0 Å². The molecule has 1 amide bonds. The molecule has 3 heterocycles. The Kier molecular flexibility index (Phi) is 10.5. The van der Waals surface area contributed by atoms with Crippen molar-refractivity contribution < 1.29 is 4.79 Å². The molecule has 222 valence electrons. The highest BCUT2D eigenvalue weighted by Crippen LogP contribution is 2.31. The van der Waals surface area contributed by atoms with Gasteiger partial charge in [0, 0.05) is 42.5 Å². The summed E-state index contributed by atoms with van der Waals surface area (Å²) in [5, 5.41) is 5.03. The van der Waals surface area contributed by atoms with Gasteiger partial charge in [-0.25, -0.2) is 4.52 Å². The van der Waals surface area contributed by atoms with E-state index in [1.165, 1.54) is 37.9 Å². The first-order chi connectivity index (χ1) is 19.5. The smallest absolute Gasteiger partial charge is 0.253 e. The molecule has 1 fully saturated rings. The first kappa shape index (κ1) is 31.0. The van der Waals surface area contributed by atoms with Crippen molar-refractivity contribution >= 4 is 17.5 Å². The topological polar surface area (TPSA) is 40.9 Å². The van der Waals surface area contributed by atoms with Crippen LogP contribution in [0.1, 0.15) is 102 Å². The van der Waals surface area contributed by atoms with Gasteiger partial charge in [-0.3, -0.25) is 9.69 Å². The van der Waals surface area contributed by atoms with Crippen LogP contribution in [0, 0.1) is 11.8 Å². The zero-order chi connectivity index (χ0) is 29.6. The Bertz CT molecular complexity index is 1290. The van der Waals surface area contributed by atoms with Crippen molar-refractivity contribution in [1.82, 2.24) is 19.4 Å². The molecule has 0 N–H and O–H groups in total. The SMILES string of the molecule is CC(C)CCN(CCC(C)C)C(=O)c1ccn2nc(-c3ccc(C(C)(C)C)cc3)c(/C=C/CN3CCCCC3)c2c1. The zero-order valence-electron chi connectivity index (χ0n) is 26.6. The van der Waals surface area contributed by atoms with Crippen molar-refractivity contribution in [2.24, 2.45) is 11.8 Å². The molecule has 0 spiro atoms. The summed E-state index contributed by atoms with van der Waals surface area (Å²) in [5.74, 6) is 1.24. The number of rotatable bonds is 11. The van der Waals surface area contributed by atoms with Gasteiger partial charge in [0.15, 0.2) is 0 Å². The quantitative estimate of drug-likeness (QED) is 0.238. The van der Waals surface area contributed by atoms with E-state index in [2.05, 4.69) is 101 Å². The molecule has 1 aliphatic rings. The lowest BCUT2D eigenvalue weighted by atomic mass is 9.86. The fourth-order valence-corrected chi connectivity index (χ4v) is 5.49. The largest absolute Gasteiger partial charge is 0.339 e. The molecule has 0 radical (unpaired) electrons. The number of amides is 1. The highest BCUT2D eigenvalue weighted by atomic mass is 16.2. The van der Waals surface area contributed by atoms with Crippen LogP contribution in [0.3, 0.4) is 0 Å². The van der Waals surface area contributed by atoms with Gasteiger partial charge < -0.3 is 4.90 Å². The molecular weight excluding hydrogens is 504 g/mol. The lowest BCUT2D eigenvalue weighted by Crippen LogP contribution is -2.34. The minimum absolute atomic E-state index is 0.0981. The number of carbonyl (C=O) groups is 1. The number of hydrogen-bond donors (Lipinski definition) is 0. The first-order valence-corrected chi connectivity index (χ1v) is 15.8. The van der Waals surface area contributed by atoms with Gasteiger partial charge in [-0.15, -0.1) is 0 Å². The zero-order valence-corrected chi connectivity index (χ0v) is 26.6. The third-order valence-electron chi connectivity index (χ3n) is 8.28. The van der Waals surface area contributed by atoms with E-state index in [0.717, 1.165) is 60.4 Å². The highest BCUT2D eigenvalue weighted by molar-refractivity contribution is 5.96. The van der Waals surface area contributed by atoms with E-state index in [0.29, 0.717) is 11.8 Å². The standard InChI is InChI=1S/C36H52N4O/c1-27(2)17-23-39(24-18-28(3)4)35(41)30-19-25-40-33(26-30)32(12-11-22-38-20-9-8-10-21-38)34(37-40)29-13-15-31(16-14-29)36(5,6)7/h11-16,19,25-28H,8-10,17-18,20-24H2,1-7H3/b12-11+. The van der Waals surface area contributed by atoms with Crippen LogP contribution in [-0.2, 0) is 5.41 Å². The number of benzene rings is 1. The fourth-order valence-electron chi connectivity index (χ4n) is 5.49. The van der Waals surface area contributed by atoms with E-state index in [1.807, 2.05) is 16.8 Å². The molecule has 2 aromatic heterocycles. The van der Waals surface area contributed by atoms with Gasteiger partial charge >= 0.3 is 0 Å². The van der Waals surface area contributed by atoms with Crippen molar-refractivity contribution in [3.8, 4) is 11.3 Å². The van der Waals surface area contributed by atoms with Gasteiger partial charge in [-0.2, -0.15) is 5.10 Å². The van der Waals surface area contributed by atoms with Crippen LogP contribution in [0.25, 0.3) is 22.9 Å². The number of carbonyl (C=O) groups excluding carboxylic acids is 1. The molecule has 1 saturated heterocycles. The molecule has 1 aromatic carbocycles. The molecule has 1 aliphatic heterocycles. The average Bonchev–Trinajstić information content (AvgIpc) is 3.30. The Morgan fingerprint density at radius 1 is 0.951 bits per heavy atom. The van der Waals surface area contributed by atoms with E-state index >= 15 is 0 Å². The van der Waals surface area contributed by atoms with Gasteiger partial charge in [-0.1, -0.05) is 91.3 Å². The molecule has 0 unspecified atom stereocenters. The van der Waals surface area contributed by atoms with Crippen molar-refractivity contribution in [2.45, 2.75) is 86.0 Å². The molecule has 0 aliphatic carbocycles. The number of pyridine rings is 1. The van der Waals surface area contributed by atoms with Crippen LogP contribution in [-0.4, -0.2) is 58.0 Å². The van der Waals surface area contributed by atoms with Crippen LogP contribution >= 0.6 is 0 Å². The maximum atomic E-state index is 13.8. The van der Waals surface area contributed by atoms with Gasteiger partial charge in [0.25, 0.3) is 5.91 Å². The number of likely N-dealkylation sites (tertiary alicyclic amines) is 1. The summed E-state index contributed by atoms with van der Waals surface area (Å²) in [5.41, 5.74) is 6.27. The molecule has 41 heavy (non-hydrogen) atoms. The van der Waals surface area contributed by atoms with Crippen LogP contribution in [0.5, 0.6) is 0 Å². The lowest BCUT2D eigenvalue weighted by Gasteiger charge is -2.25. The number of piperidine rings is 1. The lowest BCUT2D eigenvalue weighted by molar-refractivity contribution is 0.0741. The minimum Gasteiger partial charge on any atom is -0.339 e. The molecular formula is C36H52N4O. The Hall–Kier alpha value is -2.92. The van der Waals surface area contributed by atoms with Gasteiger partial charge in [0.05, 0.1) is 5.52 Å². The predicted octanol–water partition coefficient (Wildman–Crippen LogP) is 8.33. The van der Waals surface area contributed by atoms with E-state index in [4.69, 9.17) is 5.10 Å². The van der Waals surface area contributed by atoms with Crippen LogP contribution < -0.4 is 0 Å². The Labute approximate surface area is 248 Å². The second-order valence-corrected chi connectivity index (χ2v) is 13.8. The molecule has 5 nitrogen and oxygen atoms in total. The van der Waals surface area contributed by atoms with E-state index in [9.17, 15) is 4.79 Å². The second-order valence-electron chi connectivity index (χ2n) is 13.8. The van der Waals surface area contributed by atoms with Crippen LogP contribution in [0.4, 0.5) is 0 Å². The Morgan fingerprint density at radius 3 is 2.17 bits per heavy atom. The maximum absolute atomic E-state index is 13.8. The monoisotopic (exact) mass is 556 g/mol. The molecule has 0 saturated carbocycles. The number of fused-ring (bicyclic) bond motifs is 1. The Morgan fingerprint density at radius 2 is 1.59 bits per heavy atom. The molecule has 0 atom stereocenters. The van der Waals surface area contributed by atoms with Crippen molar-refractivity contribution in [2.75, 3.05) is 32.7 Å². The molecule has 0 bridgehead atoms. The minimum atomic E-state index is 0.0981. The number of hydrogen-bond acceptors (Lipinski definition) is 3. The van der Waals surface area contributed by atoms with Gasteiger partial charge in [0.1, 0.15) is 5.69 Å². The maximum Gasteiger partial charge on any atom is 0.253 e. The van der Waals surface area contributed by atoms with E-state index < -0.39 is 0 Å². The van der Waals surface area contributed by atoms with Crippen LogP contribution in [0.15, 0.2) is 48.7 Å². The molecule has 4 rings (SSSR count). The molecule has 3 aromatic rings. The third-order valence-corrected chi connectivity index (χ3v) is 8.28. The summed E-state index contributed by atoms with van der Waals surface area (Å²) < 4.78 is 1.94. The molecule has 5 heteroatoms.